The number of aliphatic hydroxyl groups excluding tert-OH is 2. The second-order valence-corrected chi connectivity index (χ2v) is 23.4. The summed E-state index contributed by atoms with van der Waals surface area (Å²) in [7, 11) is 0. The predicted molar refractivity (Wildman–Crippen MR) is 296 cm³/mol. The summed E-state index contributed by atoms with van der Waals surface area (Å²) < 4.78 is 56.6. The van der Waals surface area contributed by atoms with Gasteiger partial charge in [-0.25, -0.2) is 28.6 Å². The number of hydrogen-bond donors (Lipinski definition) is 9. The van der Waals surface area contributed by atoms with Gasteiger partial charge in [0.1, 0.15) is 48.7 Å². The molecule has 5 aliphatic heterocycles. The average Bonchev–Trinajstić information content (AvgIpc) is 1.46. The third kappa shape index (κ3) is 12.7. The van der Waals surface area contributed by atoms with Crippen LogP contribution >= 0.6 is 0 Å². The first kappa shape index (κ1) is 61.3. The van der Waals surface area contributed by atoms with E-state index in [1.807, 2.05) is 0 Å². The van der Waals surface area contributed by atoms with Crippen molar-refractivity contribution in [3.63, 3.8) is 0 Å². The molecule has 9 N–H and O–H groups in total. The van der Waals surface area contributed by atoms with Gasteiger partial charge < -0.3 is 84.7 Å². The fraction of sp³-hybridized carbons (Fsp3) is 0.542. The Kier molecular flexibility index (Phi) is 17.7. The zero-order valence-corrected chi connectivity index (χ0v) is 48.1. The quantitative estimate of drug-likeness (QED) is 0.0326. The van der Waals surface area contributed by atoms with Gasteiger partial charge in [0.05, 0.1) is 66.5 Å². The maximum Gasteiger partial charge on any atom is 0.408 e. The third-order valence-electron chi connectivity index (χ3n) is 16.4. The molecule has 86 heavy (non-hydrogen) atoms. The van der Waals surface area contributed by atoms with E-state index in [2.05, 4.69) is 26.6 Å². The monoisotopic (exact) mass is 1200 g/mol. The number of halogens is 1. The molecule has 10 atom stereocenters. The Hall–Kier alpha value is -7.82. The summed E-state index contributed by atoms with van der Waals surface area (Å²) in [4.78, 5) is 109. The minimum atomic E-state index is -2.08. The zero-order valence-electron chi connectivity index (χ0n) is 48.1. The predicted octanol–water partition coefficient (Wildman–Crippen LogP) is 2.60. The number of amides is 5. The highest BCUT2D eigenvalue weighted by atomic mass is 19.1. The average molecular weight is 1200 g/mol. The van der Waals surface area contributed by atoms with Gasteiger partial charge in [-0.2, -0.15) is 0 Å². The van der Waals surface area contributed by atoms with Crippen LogP contribution in [0.5, 0.6) is 5.75 Å². The van der Waals surface area contributed by atoms with E-state index in [-0.39, 0.29) is 112 Å². The molecule has 0 saturated carbocycles. The van der Waals surface area contributed by atoms with Crippen molar-refractivity contribution in [2.45, 2.75) is 185 Å². The first-order valence-corrected chi connectivity index (χ1v) is 28.7. The molecule has 26 nitrogen and oxygen atoms in total. The summed E-state index contributed by atoms with van der Waals surface area (Å²) in [5.41, 5.74) is 0.919. The van der Waals surface area contributed by atoms with Crippen molar-refractivity contribution in [2.75, 3.05) is 19.8 Å². The summed E-state index contributed by atoms with van der Waals surface area (Å²) in [5, 5.41) is 56.6. The van der Waals surface area contributed by atoms with Gasteiger partial charge in [0.15, 0.2) is 11.7 Å². The number of alkyl carbamates (subject to hydrolysis) is 2. The third-order valence-corrected chi connectivity index (χ3v) is 16.4. The molecule has 1 unspecified atom stereocenters. The van der Waals surface area contributed by atoms with Crippen molar-refractivity contribution >= 4 is 52.7 Å². The molecular formula is C59H70FN7O19. The molecule has 0 radical (unpaired) electrons. The number of aliphatic carboxylic acids is 1. The Morgan fingerprint density at radius 3 is 2.30 bits per heavy atom. The van der Waals surface area contributed by atoms with Crippen LogP contribution in [0.2, 0.25) is 0 Å². The molecule has 10 rings (SSSR count). The van der Waals surface area contributed by atoms with Crippen LogP contribution in [0.15, 0.2) is 35.1 Å². The Bertz CT molecular complexity index is 3440. The van der Waals surface area contributed by atoms with Gasteiger partial charge in [-0.15, -0.1) is 0 Å². The topological polar surface area (TPSA) is 360 Å². The van der Waals surface area contributed by atoms with Crippen LogP contribution in [0.1, 0.15) is 130 Å². The lowest BCUT2D eigenvalue weighted by Gasteiger charge is -2.35. The SMILES string of the molecule is CC[C@@]1(O)C(=O)OCc2c1cc1n(c2=O)Cc2c-1nc1cc(F)c(C)c3c1c2[C@@H](NC(=O)OCc1ccc(O[C@H]2C[C@@H](O)[C@H](O)[C@@H](C(=O)O)O2)c(CNC(=O)CCNC(=O)CCCCC(=O)N[C@H]2COC4[C@@H](NC(=O)OC(C)(C)C)CO[C@@H]42)c1)CC3. The molecule has 6 aliphatic rings. The van der Waals surface area contributed by atoms with Crippen LogP contribution in [0.3, 0.4) is 0 Å². The number of pyridine rings is 2. The molecule has 0 spiro atoms. The molecule has 1 aliphatic carbocycles. The fourth-order valence-corrected chi connectivity index (χ4v) is 12.0. The molecule has 3 saturated heterocycles. The minimum Gasteiger partial charge on any atom is -0.479 e. The smallest absolute Gasteiger partial charge is 0.408 e. The Balaban J connectivity index is 0.749. The van der Waals surface area contributed by atoms with Gasteiger partial charge in [0, 0.05) is 66.9 Å². The van der Waals surface area contributed by atoms with Gasteiger partial charge in [0.25, 0.3) is 5.56 Å². The molecule has 7 heterocycles. The Morgan fingerprint density at radius 1 is 0.884 bits per heavy atom. The summed E-state index contributed by atoms with van der Waals surface area (Å²) in [5.74, 6) is -3.87. The van der Waals surface area contributed by atoms with Crippen LogP contribution in [0.4, 0.5) is 14.0 Å². The highest BCUT2D eigenvalue weighted by Crippen LogP contribution is 2.46. The number of nitrogens with one attached hydrogen (secondary N) is 5. The van der Waals surface area contributed by atoms with Crippen LogP contribution in [0.25, 0.3) is 22.3 Å². The molecule has 2 aromatic heterocycles. The second-order valence-electron chi connectivity index (χ2n) is 23.4. The maximum absolute atomic E-state index is 15.5. The number of cyclic esters (lactones) is 1. The molecule has 2 aromatic carbocycles. The number of nitrogens with zero attached hydrogens (tertiary/aromatic N) is 2. The van der Waals surface area contributed by atoms with E-state index in [1.54, 1.807) is 52.8 Å². The minimum absolute atomic E-state index is 0.0166. The number of rotatable bonds is 19. The van der Waals surface area contributed by atoms with Crippen LogP contribution in [0, 0.1) is 12.7 Å². The van der Waals surface area contributed by atoms with Crippen molar-refractivity contribution in [3.05, 3.63) is 91.0 Å². The molecule has 4 aromatic rings. The largest absolute Gasteiger partial charge is 0.479 e. The Morgan fingerprint density at radius 2 is 1.59 bits per heavy atom. The van der Waals surface area contributed by atoms with Crippen molar-refractivity contribution in [2.24, 2.45) is 0 Å². The van der Waals surface area contributed by atoms with Crippen molar-refractivity contribution in [3.8, 4) is 17.1 Å². The lowest BCUT2D eigenvalue weighted by molar-refractivity contribution is -0.228. The van der Waals surface area contributed by atoms with Gasteiger partial charge >= 0.3 is 24.1 Å². The number of aryl methyl sites for hydroxylation is 1. The number of carboxylic acids is 1. The van der Waals surface area contributed by atoms with Crippen molar-refractivity contribution < 1.29 is 91.5 Å². The van der Waals surface area contributed by atoms with Crippen LogP contribution in [-0.4, -0.2) is 146 Å². The summed E-state index contributed by atoms with van der Waals surface area (Å²) in [6.07, 6.45) is -7.57. The highest BCUT2D eigenvalue weighted by molar-refractivity contribution is 5.94. The number of aliphatic hydroxyl groups is 3. The van der Waals surface area contributed by atoms with E-state index in [4.69, 9.17) is 38.1 Å². The number of esters is 1. The standard InChI is InChI=1S/C59H70FN7O19/c1-6-59(79)33-18-39-48-31(22-67(39)53(73)32(33)24-82-55(59)76)47-35(13-12-30-27(2)34(60)19-36(64-48)46(30)47)65-56(77)83-23-28-11-14-41(84-45-20-40(68)49(72)52(85-45)54(74)75)29(17-28)21-62-43(70)15-16-61-42(69)9-7-8-10-44(71)63-37-25-80-51-38(26-81-50(37)51)66-57(78)86-58(3,4)5/h11,14,17-19,35,37-38,40,45,49-52,68,72,79H,6-10,12-13,15-16,20-26H2,1-5H3,(H,61,69)(H,62,70)(H,63,71)(H,65,77)(H,66,78)(H,74,75)/t35-,37-,38-,40+,45+,49-,50+,51?,52-,59-/m0/s1. The number of ether oxygens (including phenoxy) is 7. The summed E-state index contributed by atoms with van der Waals surface area (Å²) in [6.45, 7) is 8.08. The van der Waals surface area contributed by atoms with Gasteiger partial charge in [-0.3, -0.25) is 19.2 Å². The van der Waals surface area contributed by atoms with Crippen LogP contribution < -0.4 is 36.9 Å². The number of hydrogen-bond acceptors (Lipinski definition) is 19. The molecule has 0 bridgehead atoms. The number of benzene rings is 2. The van der Waals surface area contributed by atoms with E-state index in [1.165, 1.54) is 16.7 Å². The van der Waals surface area contributed by atoms with Crippen molar-refractivity contribution in [1.29, 1.82) is 0 Å². The van der Waals surface area contributed by atoms with Gasteiger partial charge in [0.2, 0.25) is 24.0 Å². The van der Waals surface area contributed by atoms with E-state index < -0.39 is 108 Å². The first-order chi connectivity index (χ1) is 40.9. The molecule has 3 fully saturated rings. The number of carboxylic acid groups (broad SMARTS) is 1. The molecular weight excluding hydrogens is 1130 g/mol. The number of aromatic nitrogens is 2. The van der Waals surface area contributed by atoms with E-state index in [0.29, 0.717) is 75.8 Å². The first-order valence-electron chi connectivity index (χ1n) is 28.7. The second kappa shape index (κ2) is 24.9. The summed E-state index contributed by atoms with van der Waals surface area (Å²) >= 11 is 0. The fourth-order valence-electron chi connectivity index (χ4n) is 12.0. The number of unbranched alkanes of at least 4 members (excludes halogenated alkanes) is 1. The normalized spacial score (nSPS) is 25.2. The molecule has 462 valence electrons. The number of carbonyl (C=O) groups excluding carboxylic acids is 6. The highest BCUT2D eigenvalue weighted by Gasteiger charge is 2.50. The lowest BCUT2D eigenvalue weighted by atomic mass is 9.81. The molecule has 27 heteroatoms. The van der Waals surface area contributed by atoms with Crippen molar-refractivity contribution in [1.82, 2.24) is 36.1 Å². The molecule has 5 amide bonds. The zero-order chi connectivity index (χ0) is 61.5. The van der Waals surface area contributed by atoms with E-state index in [9.17, 15) is 58.8 Å². The number of fused-ring (bicyclic) bond motifs is 6. The number of carbonyl (C=O) groups is 7. The maximum atomic E-state index is 15.5. The Labute approximate surface area is 491 Å². The van der Waals surface area contributed by atoms with Crippen LogP contribution in [-0.2, 0) is 90.7 Å². The van der Waals surface area contributed by atoms with E-state index in [0.717, 1.165) is 0 Å². The van der Waals surface area contributed by atoms with Gasteiger partial charge in [-0.05, 0) is 100 Å². The summed E-state index contributed by atoms with van der Waals surface area (Å²) in [6, 6.07) is 5.87. The lowest BCUT2D eigenvalue weighted by Crippen LogP contribution is -2.53. The van der Waals surface area contributed by atoms with E-state index >= 15 is 4.39 Å². The van der Waals surface area contributed by atoms with Gasteiger partial charge in [-0.1, -0.05) is 13.0 Å².